The number of guanidine groups is 1. The summed E-state index contributed by atoms with van der Waals surface area (Å²) in [5, 5.41) is 3.30. The maximum Gasteiger partial charge on any atom is 0.215 e. The van der Waals surface area contributed by atoms with Crippen LogP contribution in [0.15, 0.2) is 29.3 Å². The van der Waals surface area contributed by atoms with Crippen LogP contribution in [0.5, 0.6) is 0 Å². The van der Waals surface area contributed by atoms with Crippen LogP contribution in [0.3, 0.4) is 0 Å². The minimum absolute atomic E-state index is 0. The SMILES string of the molecule is CCNC(=NCCS(=O)(=O)N1CCSCC1)N1CCc2ccccc21.I. The van der Waals surface area contributed by atoms with Gasteiger partial charge in [0, 0.05) is 43.4 Å². The molecule has 0 saturated carbocycles. The molecule has 0 radical (unpaired) electrons. The van der Waals surface area contributed by atoms with Crippen molar-refractivity contribution < 1.29 is 8.42 Å². The van der Waals surface area contributed by atoms with Crippen molar-refractivity contribution in [1.29, 1.82) is 0 Å². The van der Waals surface area contributed by atoms with E-state index < -0.39 is 10.0 Å². The van der Waals surface area contributed by atoms with E-state index in [4.69, 9.17) is 0 Å². The normalized spacial score (nSPS) is 18.3. The molecule has 0 bridgehead atoms. The van der Waals surface area contributed by atoms with Crippen LogP contribution in [0.25, 0.3) is 0 Å². The Hall–Kier alpha value is -0.520. The minimum atomic E-state index is -3.21. The number of sulfonamides is 1. The Bertz CT molecular complexity index is 721. The van der Waals surface area contributed by atoms with Gasteiger partial charge in [0.05, 0.1) is 12.3 Å². The molecule has 2 aliphatic rings. The Kier molecular flexibility index (Phi) is 8.49. The second-order valence-corrected chi connectivity index (χ2v) is 9.41. The van der Waals surface area contributed by atoms with Crippen molar-refractivity contribution in [2.75, 3.05) is 54.9 Å². The molecule has 2 aliphatic heterocycles. The predicted molar refractivity (Wildman–Crippen MR) is 122 cm³/mol. The van der Waals surface area contributed by atoms with E-state index in [-0.39, 0.29) is 36.3 Å². The van der Waals surface area contributed by atoms with Crippen molar-refractivity contribution in [2.24, 2.45) is 4.99 Å². The lowest BCUT2D eigenvalue weighted by Gasteiger charge is -2.25. The van der Waals surface area contributed by atoms with Gasteiger partial charge in [-0.2, -0.15) is 11.8 Å². The van der Waals surface area contributed by atoms with E-state index in [1.807, 2.05) is 24.8 Å². The first kappa shape index (κ1) is 21.8. The molecule has 0 spiro atoms. The van der Waals surface area contributed by atoms with Gasteiger partial charge in [-0.3, -0.25) is 4.99 Å². The first-order valence-corrected chi connectivity index (χ1v) is 11.6. The third kappa shape index (κ3) is 5.26. The number of thioether (sulfide) groups is 1. The summed E-state index contributed by atoms with van der Waals surface area (Å²) in [5.41, 5.74) is 2.48. The number of hydrogen-bond donors (Lipinski definition) is 1. The molecular formula is C17H27IN4O2S2. The highest BCUT2D eigenvalue weighted by Crippen LogP contribution is 2.27. The summed E-state index contributed by atoms with van der Waals surface area (Å²) in [4.78, 5) is 6.75. The van der Waals surface area contributed by atoms with Gasteiger partial charge in [0.15, 0.2) is 5.96 Å². The van der Waals surface area contributed by atoms with Crippen molar-refractivity contribution in [2.45, 2.75) is 13.3 Å². The van der Waals surface area contributed by atoms with E-state index >= 15 is 0 Å². The van der Waals surface area contributed by atoms with Crippen LogP contribution in [0.2, 0.25) is 0 Å². The number of hydrogen-bond acceptors (Lipinski definition) is 4. The minimum Gasteiger partial charge on any atom is -0.356 e. The van der Waals surface area contributed by atoms with E-state index in [2.05, 4.69) is 33.4 Å². The zero-order valence-corrected chi connectivity index (χ0v) is 19.0. The van der Waals surface area contributed by atoms with Crippen molar-refractivity contribution in [3.8, 4) is 0 Å². The molecule has 1 saturated heterocycles. The number of nitrogens with zero attached hydrogens (tertiary/aromatic N) is 3. The molecule has 0 aliphatic carbocycles. The number of rotatable bonds is 5. The molecule has 0 aromatic heterocycles. The molecule has 0 atom stereocenters. The van der Waals surface area contributed by atoms with Gasteiger partial charge in [-0.1, -0.05) is 18.2 Å². The number of aliphatic imine (C=N–C) groups is 1. The first-order valence-electron chi connectivity index (χ1n) is 8.81. The van der Waals surface area contributed by atoms with Gasteiger partial charge in [0.1, 0.15) is 0 Å². The summed E-state index contributed by atoms with van der Waals surface area (Å²) in [6.45, 7) is 5.19. The van der Waals surface area contributed by atoms with E-state index in [0.717, 1.165) is 42.7 Å². The molecule has 3 rings (SSSR count). The number of benzene rings is 1. The fourth-order valence-electron chi connectivity index (χ4n) is 3.17. The monoisotopic (exact) mass is 510 g/mol. The van der Waals surface area contributed by atoms with Crippen LogP contribution in [0.4, 0.5) is 5.69 Å². The molecular weight excluding hydrogens is 483 g/mol. The Labute approximate surface area is 177 Å². The lowest BCUT2D eigenvalue weighted by Crippen LogP contribution is -2.42. The second kappa shape index (κ2) is 10.1. The van der Waals surface area contributed by atoms with Crippen LogP contribution in [0.1, 0.15) is 12.5 Å². The van der Waals surface area contributed by atoms with Crippen molar-refractivity contribution in [3.05, 3.63) is 29.8 Å². The number of halogens is 1. The number of anilines is 1. The summed E-state index contributed by atoms with van der Waals surface area (Å²) in [6, 6.07) is 8.31. The molecule has 0 unspecified atom stereocenters. The van der Waals surface area contributed by atoms with Gasteiger partial charge in [-0.05, 0) is 25.0 Å². The van der Waals surface area contributed by atoms with Gasteiger partial charge < -0.3 is 10.2 Å². The van der Waals surface area contributed by atoms with E-state index in [1.54, 1.807) is 4.31 Å². The van der Waals surface area contributed by atoms with Crippen LogP contribution >= 0.6 is 35.7 Å². The maximum absolute atomic E-state index is 12.5. The van der Waals surface area contributed by atoms with E-state index in [1.165, 1.54) is 5.56 Å². The zero-order chi connectivity index (χ0) is 17.7. The zero-order valence-electron chi connectivity index (χ0n) is 15.1. The molecule has 6 nitrogen and oxygen atoms in total. The van der Waals surface area contributed by atoms with Crippen LogP contribution in [0, 0.1) is 0 Å². The molecule has 1 N–H and O–H groups in total. The predicted octanol–water partition coefficient (Wildman–Crippen LogP) is 2.01. The number of nitrogens with one attached hydrogen (secondary N) is 1. The van der Waals surface area contributed by atoms with Crippen LogP contribution in [-0.2, 0) is 16.4 Å². The summed E-state index contributed by atoms with van der Waals surface area (Å²) in [5.74, 6) is 2.62. The highest BCUT2D eigenvalue weighted by molar-refractivity contribution is 14.0. The number of para-hydroxylation sites is 1. The summed E-state index contributed by atoms with van der Waals surface area (Å²) in [7, 11) is -3.21. The Morgan fingerprint density at radius 3 is 2.69 bits per heavy atom. The summed E-state index contributed by atoms with van der Waals surface area (Å²) < 4.78 is 26.5. The lowest BCUT2D eigenvalue weighted by atomic mass is 10.2. The largest absolute Gasteiger partial charge is 0.356 e. The van der Waals surface area contributed by atoms with Crippen LogP contribution < -0.4 is 10.2 Å². The quantitative estimate of drug-likeness (QED) is 0.373. The van der Waals surface area contributed by atoms with Gasteiger partial charge in [-0.15, -0.1) is 24.0 Å². The highest BCUT2D eigenvalue weighted by atomic mass is 127. The van der Waals surface area contributed by atoms with Gasteiger partial charge in [0.25, 0.3) is 0 Å². The Morgan fingerprint density at radius 1 is 1.23 bits per heavy atom. The molecule has 1 fully saturated rings. The first-order chi connectivity index (χ1) is 12.1. The summed E-state index contributed by atoms with van der Waals surface area (Å²) in [6.07, 6.45) is 0.990. The fraction of sp³-hybridized carbons (Fsp3) is 0.588. The molecule has 26 heavy (non-hydrogen) atoms. The maximum atomic E-state index is 12.5. The molecule has 146 valence electrons. The van der Waals surface area contributed by atoms with E-state index in [0.29, 0.717) is 13.1 Å². The lowest BCUT2D eigenvalue weighted by molar-refractivity contribution is 0.444. The number of fused-ring (bicyclic) bond motifs is 1. The highest BCUT2D eigenvalue weighted by Gasteiger charge is 2.25. The second-order valence-electron chi connectivity index (χ2n) is 6.09. The molecule has 0 amide bonds. The van der Waals surface area contributed by atoms with Crippen LogP contribution in [-0.4, -0.2) is 68.7 Å². The topological polar surface area (TPSA) is 65.0 Å². The van der Waals surface area contributed by atoms with Crippen molar-refractivity contribution >= 4 is 57.4 Å². The fourth-order valence-corrected chi connectivity index (χ4v) is 5.63. The smallest absolute Gasteiger partial charge is 0.215 e. The Morgan fingerprint density at radius 2 is 1.96 bits per heavy atom. The standard InChI is InChI=1S/C17H26N4O2S2.HI/c1-2-18-17(21-9-7-15-5-3-4-6-16(15)21)19-8-14-25(22,23)20-10-12-24-13-11-20;/h3-6H,2,7-14H2,1H3,(H,18,19);1H. The molecule has 1 aromatic rings. The van der Waals surface area contributed by atoms with Gasteiger partial charge in [0.2, 0.25) is 10.0 Å². The average Bonchev–Trinajstić information content (AvgIpc) is 3.06. The molecule has 1 aromatic carbocycles. The molecule has 2 heterocycles. The van der Waals surface area contributed by atoms with E-state index in [9.17, 15) is 8.42 Å². The average molecular weight is 510 g/mol. The third-order valence-corrected chi connectivity index (χ3v) is 7.24. The Balaban J connectivity index is 0.00000243. The summed E-state index contributed by atoms with van der Waals surface area (Å²) >= 11 is 1.81. The van der Waals surface area contributed by atoms with Gasteiger partial charge in [-0.25, -0.2) is 12.7 Å². The van der Waals surface area contributed by atoms with Crippen molar-refractivity contribution in [3.63, 3.8) is 0 Å². The molecule has 9 heteroatoms. The third-order valence-electron chi connectivity index (χ3n) is 4.45. The van der Waals surface area contributed by atoms with Crippen molar-refractivity contribution in [1.82, 2.24) is 9.62 Å². The van der Waals surface area contributed by atoms with Gasteiger partial charge >= 0.3 is 0 Å².